The van der Waals surface area contributed by atoms with Gasteiger partial charge in [0.05, 0.1) is 0 Å². The average Bonchev–Trinajstić information content (AvgIpc) is 2.17. The van der Waals surface area contributed by atoms with Gasteiger partial charge in [0.1, 0.15) is 0 Å². The van der Waals surface area contributed by atoms with E-state index in [2.05, 4.69) is 0 Å². The van der Waals surface area contributed by atoms with E-state index in [9.17, 15) is 9.59 Å². The topological polar surface area (TPSA) is 74.6 Å². The van der Waals surface area contributed by atoms with E-state index in [1.165, 1.54) is 6.92 Å². The van der Waals surface area contributed by atoms with E-state index < -0.39 is 17.4 Å². The summed E-state index contributed by atoms with van der Waals surface area (Å²) in [4.78, 5) is 22.0. The molecule has 1 saturated carbocycles. The Morgan fingerprint density at radius 1 is 1.12 bits per heavy atom. The van der Waals surface area contributed by atoms with Gasteiger partial charge in [-0.25, -0.2) is 0 Å². The Balaban J connectivity index is -0.000000245. The number of hydrogen-bond donors (Lipinski definition) is 2. The molecule has 0 radical (unpaired) electrons. The first-order chi connectivity index (χ1) is 6.49. The van der Waals surface area contributed by atoms with E-state index in [-0.39, 0.29) is 89.7 Å². The summed E-state index contributed by atoms with van der Waals surface area (Å²) in [5.74, 6) is -2.64. The maximum absolute atomic E-state index is 11.0. The number of carbonyl (C=O) groups is 2. The molecule has 1 aliphatic carbocycles. The molecule has 0 aromatic rings. The Morgan fingerprint density at radius 3 is 1.81 bits per heavy atom. The molecule has 0 heterocycles. The maximum Gasteiger partial charge on any atom is 1.00 e. The first-order valence-corrected chi connectivity index (χ1v) is 4.96. The van der Waals surface area contributed by atoms with Crippen molar-refractivity contribution in [3.63, 3.8) is 0 Å². The predicted molar refractivity (Wildman–Crippen MR) is 52.2 cm³/mol. The van der Waals surface area contributed by atoms with Crippen LogP contribution in [0.1, 0.15) is 41.9 Å². The second kappa shape index (κ2) is 8.64. The van der Waals surface area contributed by atoms with Crippen molar-refractivity contribution in [2.24, 2.45) is 11.3 Å². The molecule has 0 aromatic carbocycles. The zero-order chi connectivity index (χ0) is 10.8. The first kappa shape index (κ1) is 19.9. The second-order valence-corrected chi connectivity index (χ2v) is 4.15. The number of carboxylic acid groups (broad SMARTS) is 2. The fraction of sp³-hybridized carbons (Fsp3) is 0.800. The minimum Gasteiger partial charge on any atom is -1.00 e. The minimum atomic E-state index is -1.60. The van der Waals surface area contributed by atoms with E-state index in [0.717, 1.165) is 32.1 Å². The summed E-state index contributed by atoms with van der Waals surface area (Å²) >= 11 is 0. The summed E-state index contributed by atoms with van der Waals surface area (Å²) in [6, 6.07) is 0. The molecular weight excluding hydrogens is 246 g/mol. The van der Waals surface area contributed by atoms with Gasteiger partial charge in [-0.1, -0.05) is 19.3 Å². The van der Waals surface area contributed by atoms with Crippen molar-refractivity contribution in [1.29, 1.82) is 0 Å². The van der Waals surface area contributed by atoms with Gasteiger partial charge in [0.15, 0.2) is 5.41 Å². The first-order valence-electron chi connectivity index (χ1n) is 4.96. The third-order valence-corrected chi connectivity index (χ3v) is 3.31. The fourth-order valence-corrected chi connectivity index (χ4v) is 2.12. The Bertz CT molecular complexity index is 246. The zero-order valence-corrected chi connectivity index (χ0v) is 15.4. The molecule has 0 bridgehead atoms. The maximum atomic E-state index is 11.0. The van der Waals surface area contributed by atoms with Gasteiger partial charge in [0, 0.05) is 0 Å². The van der Waals surface area contributed by atoms with Crippen LogP contribution in [0.3, 0.4) is 0 Å². The molecule has 84 valence electrons. The smallest absolute Gasteiger partial charge is 1.00 e. The third kappa shape index (κ3) is 4.35. The van der Waals surface area contributed by atoms with E-state index in [1.54, 1.807) is 0 Å². The summed E-state index contributed by atoms with van der Waals surface area (Å²) in [5.41, 5.74) is -1.60. The van der Waals surface area contributed by atoms with Gasteiger partial charge in [0.2, 0.25) is 0 Å². The summed E-state index contributed by atoms with van der Waals surface area (Å²) in [5, 5.41) is 17.9. The summed E-state index contributed by atoms with van der Waals surface area (Å²) in [7, 11) is 0. The van der Waals surface area contributed by atoms with Crippen LogP contribution in [0, 0.1) is 11.3 Å². The van der Waals surface area contributed by atoms with Crippen molar-refractivity contribution in [2.45, 2.75) is 39.0 Å². The van der Waals surface area contributed by atoms with Gasteiger partial charge in [-0.2, -0.15) is 0 Å². The van der Waals surface area contributed by atoms with Crippen molar-refractivity contribution >= 4 is 11.9 Å². The molecular formula is C10H18KNaO4. The molecule has 16 heavy (non-hydrogen) atoms. The molecule has 0 amide bonds. The molecule has 0 spiro atoms. The quantitative estimate of drug-likeness (QED) is 0.402. The SMILES string of the molecule is CC(C(=O)O)(C(=O)O)C1CCCCC1.[H-].[H-].[K+].[Na+]. The van der Waals surface area contributed by atoms with E-state index in [0.29, 0.717) is 0 Å². The van der Waals surface area contributed by atoms with E-state index in [4.69, 9.17) is 10.2 Å². The summed E-state index contributed by atoms with van der Waals surface area (Å²) < 4.78 is 0. The standard InChI is InChI=1S/C10H16O4.K.Na.2H/c1-10(8(11)12,9(13)14)7-5-3-2-4-6-7;;;;/h7H,2-6H2,1H3,(H,11,12)(H,13,14);;;;/q;2*+1;2*-1. The molecule has 1 aliphatic rings. The monoisotopic (exact) mass is 264 g/mol. The molecule has 4 nitrogen and oxygen atoms in total. The number of aliphatic carboxylic acids is 2. The average molecular weight is 264 g/mol. The van der Waals surface area contributed by atoms with Gasteiger partial charge in [-0.05, 0) is 25.7 Å². The second-order valence-electron chi connectivity index (χ2n) is 4.15. The Hall–Kier alpha value is 1.58. The van der Waals surface area contributed by atoms with Crippen LogP contribution in [0.5, 0.6) is 0 Å². The molecule has 0 unspecified atom stereocenters. The van der Waals surface area contributed by atoms with Gasteiger partial charge in [-0.3, -0.25) is 9.59 Å². The zero-order valence-electron chi connectivity index (χ0n) is 12.3. The van der Waals surface area contributed by atoms with E-state index >= 15 is 0 Å². The van der Waals surface area contributed by atoms with Crippen LogP contribution in [-0.4, -0.2) is 22.2 Å². The molecule has 1 rings (SSSR count). The van der Waals surface area contributed by atoms with Crippen LogP contribution in [-0.2, 0) is 9.59 Å². The van der Waals surface area contributed by atoms with Crippen LogP contribution >= 0.6 is 0 Å². The van der Waals surface area contributed by atoms with Gasteiger partial charge >= 0.3 is 92.9 Å². The third-order valence-electron chi connectivity index (χ3n) is 3.31. The Labute approximate surface area is 163 Å². The van der Waals surface area contributed by atoms with Crippen LogP contribution < -0.4 is 80.9 Å². The van der Waals surface area contributed by atoms with E-state index in [1.807, 2.05) is 0 Å². The molecule has 0 aliphatic heterocycles. The molecule has 0 atom stereocenters. The molecule has 6 heteroatoms. The Kier molecular flexibility index (Phi) is 10.7. The van der Waals surface area contributed by atoms with Gasteiger partial charge < -0.3 is 13.1 Å². The Morgan fingerprint density at radius 2 is 1.50 bits per heavy atom. The van der Waals surface area contributed by atoms with Crippen LogP contribution in [0.4, 0.5) is 0 Å². The minimum absolute atomic E-state index is 0. The van der Waals surface area contributed by atoms with Gasteiger partial charge in [-0.15, -0.1) is 0 Å². The largest absolute Gasteiger partial charge is 1.00 e. The summed E-state index contributed by atoms with van der Waals surface area (Å²) in [6.07, 6.45) is 4.41. The normalized spacial score (nSPS) is 16.8. The van der Waals surface area contributed by atoms with Crippen molar-refractivity contribution in [2.75, 3.05) is 0 Å². The van der Waals surface area contributed by atoms with Crippen LogP contribution in [0.25, 0.3) is 0 Å². The van der Waals surface area contributed by atoms with Crippen molar-refractivity contribution in [3.05, 3.63) is 0 Å². The molecule has 0 saturated heterocycles. The number of carboxylic acids is 2. The molecule has 2 N–H and O–H groups in total. The van der Waals surface area contributed by atoms with Crippen LogP contribution in [0.15, 0.2) is 0 Å². The number of rotatable bonds is 3. The van der Waals surface area contributed by atoms with Crippen LogP contribution in [0.2, 0.25) is 0 Å². The van der Waals surface area contributed by atoms with Crippen molar-refractivity contribution in [3.8, 4) is 0 Å². The summed E-state index contributed by atoms with van der Waals surface area (Å²) in [6.45, 7) is 1.33. The fourth-order valence-electron chi connectivity index (χ4n) is 2.12. The van der Waals surface area contributed by atoms with Gasteiger partial charge in [0.25, 0.3) is 0 Å². The predicted octanol–water partition coefficient (Wildman–Crippen LogP) is -4.02. The molecule has 0 aromatic heterocycles. The van der Waals surface area contributed by atoms with Crippen molar-refractivity contribution in [1.82, 2.24) is 0 Å². The number of hydrogen-bond acceptors (Lipinski definition) is 2. The molecule has 1 fully saturated rings. The van der Waals surface area contributed by atoms with Crippen molar-refractivity contribution < 1.29 is 104 Å².